The number of aryl methyl sites for hydroxylation is 2. The second-order valence-electron chi connectivity index (χ2n) is 7.72. The summed E-state index contributed by atoms with van der Waals surface area (Å²) in [6, 6.07) is 21.0. The van der Waals surface area contributed by atoms with Crippen molar-refractivity contribution in [2.24, 2.45) is 0 Å². The summed E-state index contributed by atoms with van der Waals surface area (Å²) in [5.41, 5.74) is 3.57. The van der Waals surface area contributed by atoms with Gasteiger partial charge in [-0.1, -0.05) is 54.6 Å². The minimum Gasteiger partial charge on any atom is -0.485 e. The van der Waals surface area contributed by atoms with E-state index in [1.54, 1.807) is 0 Å². The van der Waals surface area contributed by atoms with Crippen LogP contribution in [0.2, 0.25) is 0 Å². The molecule has 0 amide bonds. The number of hydrogen-bond acceptors (Lipinski definition) is 5. The Morgan fingerprint density at radius 1 is 0.938 bits per heavy atom. The highest BCUT2D eigenvalue weighted by Crippen LogP contribution is 2.32. The monoisotopic (exact) mass is 433 g/mol. The standard InChI is InChI=1S/C13H17N3O.C11H10.2CH2O/c1-9-11-5-4-6-12-13(11)16(14-9)8-10(17-12)7-15(2)3;1-9-5-4-7-10-6-2-3-8-11(9)10;2*1-2/h4-6,10H,7-8H2,1-3H3;2-8H,1H3;2*1H2. The van der Waals surface area contributed by atoms with E-state index in [0.717, 1.165) is 30.0 Å². The first-order chi connectivity index (χ1) is 15.5. The van der Waals surface area contributed by atoms with Gasteiger partial charge < -0.3 is 19.2 Å². The van der Waals surface area contributed by atoms with Crippen molar-refractivity contribution >= 4 is 35.3 Å². The molecule has 4 aromatic rings. The molecule has 6 nitrogen and oxygen atoms in total. The van der Waals surface area contributed by atoms with Crippen molar-refractivity contribution in [1.82, 2.24) is 14.7 Å². The fourth-order valence-corrected chi connectivity index (χ4v) is 3.89. The molecule has 0 saturated carbocycles. The first kappa shape index (κ1) is 24.8. The van der Waals surface area contributed by atoms with Gasteiger partial charge in [0, 0.05) is 11.9 Å². The van der Waals surface area contributed by atoms with Crippen LogP contribution < -0.4 is 4.74 Å². The zero-order chi connectivity index (χ0) is 23.7. The maximum absolute atomic E-state index is 8.00. The fraction of sp³-hybridized carbons (Fsp3) is 0.269. The van der Waals surface area contributed by atoms with Crippen LogP contribution in [0.4, 0.5) is 0 Å². The summed E-state index contributed by atoms with van der Waals surface area (Å²) < 4.78 is 8.11. The van der Waals surface area contributed by atoms with Gasteiger partial charge in [-0.25, -0.2) is 0 Å². The predicted octanol–water partition coefficient (Wildman–Crippen LogP) is 4.45. The van der Waals surface area contributed by atoms with E-state index in [2.05, 4.69) is 91.2 Å². The molecule has 1 aliphatic rings. The molecule has 3 aromatic carbocycles. The lowest BCUT2D eigenvalue weighted by molar-refractivity contribution is -0.0987. The van der Waals surface area contributed by atoms with Crippen LogP contribution in [0.1, 0.15) is 11.3 Å². The molecule has 6 heteroatoms. The van der Waals surface area contributed by atoms with Crippen LogP contribution in [0.5, 0.6) is 5.75 Å². The van der Waals surface area contributed by atoms with Crippen molar-refractivity contribution in [2.75, 3.05) is 20.6 Å². The van der Waals surface area contributed by atoms with Gasteiger partial charge in [0.25, 0.3) is 0 Å². The number of benzene rings is 3. The molecule has 0 radical (unpaired) electrons. The van der Waals surface area contributed by atoms with Crippen molar-refractivity contribution in [2.45, 2.75) is 26.5 Å². The maximum Gasteiger partial charge on any atom is 0.145 e. The van der Waals surface area contributed by atoms with E-state index in [9.17, 15) is 0 Å². The van der Waals surface area contributed by atoms with Crippen molar-refractivity contribution in [3.8, 4) is 5.75 Å². The van der Waals surface area contributed by atoms with E-state index < -0.39 is 0 Å². The summed E-state index contributed by atoms with van der Waals surface area (Å²) >= 11 is 0. The second-order valence-corrected chi connectivity index (χ2v) is 7.72. The molecule has 0 saturated heterocycles. The third kappa shape index (κ3) is 5.59. The third-order valence-electron chi connectivity index (χ3n) is 5.16. The number of nitrogens with zero attached hydrogens (tertiary/aromatic N) is 3. The third-order valence-corrected chi connectivity index (χ3v) is 5.16. The topological polar surface area (TPSA) is 64.4 Å². The summed E-state index contributed by atoms with van der Waals surface area (Å²) in [5, 5.41) is 8.48. The number of aromatic nitrogens is 2. The lowest BCUT2D eigenvalue weighted by atomic mass is 10.1. The number of rotatable bonds is 2. The SMILES string of the molecule is C=O.C=O.Cc1cccc2ccccc12.Cc1nn2c3c(cccc13)OC(CN(C)C)C2. The number of likely N-dealkylation sites (N-methyl/N-ethyl adjacent to an activating group) is 1. The molecule has 1 atom stereocenters. The van der Waals surface area contributed by atoms with Crippen LogP contribution >= 0.6 is 0 Å². The molecule has 1 aliphatic heterocycles. The van der Waals surface area contributed by atoms with Gasteiger partial charge in [0.2, 0.25) is 0 Å². The number of hydrogen-bond donors (Lipinski definition) is 0. The highest BCUT2D eigenvalue weighted by atomic mass is 16.5. The Morgan fingerprint density at radius 2 is 1.56 bits per heavy atom. The lowest BCUT2D eigenvalue weighted by Crippen LogP contribution is -2.36. The van der Waals surface area contributed by atoms with E-state index in [1.807, 2.05) is 25.7 Å². The molecular formula is C26H31N3O3. The van der Waals surface area contributed by atoms with Crippen LogP contribution in [0.3, 0.4) is 0 Å². The Morgan fingerprint density at radius 3 is 2.25 bits per heavy atom. The average molecular weight is 434 g/mol. The summed E-state index contributed by atoms with van der Waals surface area (Å²) in [5.74, 6) is 0.959. The molecule has 0 N–H and O–H groups in total. The van der Waals surface area contributed by atoms with Gasteiger partial charge >= 0.3 is 0 Å². The molecule has 0 aliphatic carbocycles. The molecule has 0 bridgehead atoms. The molecular weight excluding hydrogens is 402 g/mol. The van der Waals surface area contributed by atoms with Crippen molar-refractivity contribution in [3.63, 3.8) is 0 Å². The van der Waals surface area contributed by atoms with Crippen LogP contribution in [0.25, 0.3) is 21.7 Å². The highest BCUT2D eigenvalue weighted by molar-refractivity contribution is 5.87. The molecule has 5 rings (SSSR count). The van der Waals surface area contributed by atoms with Crippen LogP contribution in [0, 0.1) is 13.8 Å². The molecule has 0 spiro atoms. The van der Waals surface area contributed by atoms with Gasteiger partial charge in [-0.05, 0) is 50.3 Å². The first-order valence-corrected chi connectivity index (χ1v) is 10.3. The zero-order valence-corrected chi connectivity index (χ0v) is 19.2. The molecule has 0 fully saturated rings. The highest BCUT2D eigenvalue weighted by Gasteiger charge is 2.24. The van der Waals surface area contributed by atoms with Crippen LogP contribution in [-0.4, -0.2) is 55.0 Å². The van der Waals surface area contributed by atoms with Crippen LogP contribution in [-0.2, 0) is 16.1 Å². The van der Waals surface area contributed by atoms with Crippen molar-refractivity contribution < 1.29 is 14.3 Å². The number of fused-ring (bicyclic) bond motifs is 1. The molecule has 2 heterocycles. The summed E-state index contributed by atoms with van der Waals surface area (Å²) in [4.78, 5) is 18.1. The maximum atomic E-state index is 8.00. The molecule has 168 valence electrons. The minimum absolute atomic E-state index is 0.183. The smallest absolute Gasteiger partial charge is 0.145 e. The molecule has 1 unspecified atom stereocenters. The largest absolute Gasteiger partial charge is 0.485 e. The quantitative estimate of drug-likeness (QED) is 0.467. The average Bonchev–Trinajstić information content (AvgIpc) is 3.13. The van der Waals surface area contributed by atoms with E-state index in [-0.39, 0.29) is 6.10 Å². The van der Waals surface area contributed by atoms with Gasteiger partial charge in [-0.2, -0.15) is 5.10 Å². The Kier molecular flexibility index (Phi) is 9.10. The van der Waals surface area contributed by atoms with E-state index in [1.165, 1.54) is 21.7 Å². The van der Waals surface area contributed by atoms with Gasteiger partial charge in [0.15, 0.2) is 0 Å². The van der Waals surface area contributed by atoms with Crippen LogP contribution in [0.15, 0.2) is 60.7 Å². The van der Waals surface area contributed by atoms with E-state index >= 15 is 0 Å². The van der Waals surface area contributed by atoms with Gasteiger partial charge in [-0.3, -0.25) is 4.68 Å². The number of carbonyl (C=O) groups is 2. The Bertz CT molecular complexity index is 1150. The predicted molar refractivity (Wildman–Crippen MR) is 130 cm³/mol. The minimum atomic E-state index is 0.183. The number of para-hydroxylation sites is 1. The Labute approximate surface area is 189 Å². The van der Waals surface area contributed by atoms with Crippen molar-refractivity contribution in [3.05, 3.63) is 71.9 Å². The van der Waals surface area contributed by atoms with Crippen molar-refractivity contribution in [1.29, 1.82) is 0 Å². The number of carbonyl (C=O) groups excluding carboxylic acids is 2. The van der Waals surface area contributed by atoms with E-state index in [4.69, 9.17) is 14.3 Å². The van der Waals surface area contributed by atoms with Gasteiger partial charge in [0.1, 0.15) is 30.9 Å². The lowest BCUT2D eigenvalue weighted by Gasteiger charge is -2.27. The molecule has 32 heavy (non-hydrogen) atoms. The second kappa shape index (κ2) is 11.8. The summed E-state index contributed by atoms with van der Waals surface area (Å²) in [6.45, 7) is 9.94. The zero-order valence-electron chi connectivity index (χ0n) is 19.2. The molecule has 1 aromatic heterocycles. The first-order valence-electron chi connectivity index (χ1n) is 10.3. The van der Waals surface area contributed by atoms with Gasteiger partial charge in [0.05, 0.1) is 12.2 Å². The van der Waals surface area contributed by atoms with Gasteiger partial charge in [-0.15, -0.1) is 0 Å². The normalized spacial score (nSPS) is 13.7. The summed E-state index contributed by atoms with van der Waals surface area (Å²) in [6.07, 6.45) is 0.183. The Balaban J connectivity index is 0.000000210. The number of ether oxygens (including phenoxy) is 1. The fourth-order valence-electron chi connectivity index (χ4n) is 3.89. The Hall–Kier alpha value is -3.51. The summed E-state index contributed by atoms with van der Waals surface area (Å²) in [7, 11) is 4.13. The van der Waals surface area contributed by atoms with E-state index in [0.29, 0.717) is 0 Å².